The van der Waals surface area contributed by atoms with E-state index in [-0.39, 0.29) is 0 Å². The third-order valence-corrected chi connectivity index (χ3v) is 4.21. The van der Waals surface area contributed by atoms with E-state index in [0.717, 1.165) is 18.3 Å². The average Bonchev–Trinajstić information content (AvgIpc) is 2.88. The highest BCUT2D eigenvalue weighted by Gasteiger charge is 2.35. The van der Waals surface area contributed by atoms with Crippen molar-refractivity contribution in [1.29, 1.82) is 0 Å². The van der Waals surface area contributed by atoms with Crippen LogP contribution in [0.25, 0.3) is 0 Å². The van der Waals surface area contributed by atoms with Crippen LogP contribution in [0.3, 0.4) is 0 Å². The standard InChI is InChI=1S/C14H20N2/c1-2-8-15-14(6-1)7-9-16-10-12-4-3-5-13(12)11-16/h1-2,6,8,12-13H,3-5,7,9-11H2. The van der Waals surface area contributed by atoms with Gasteiger partial charge in [0.15, 0.2) is 0 Å². The van der Waals surface area contributed by atoms with Crippen LogP contribution in [0.5, 0.6) is 0 Å². The molecule has 0 bridgehead atoms. The van der Waals surface area contributed by atoms with E-state index in [9.17, 15) is 0 Å². The summed E-state index contributed by atoms with van der Waals surface area (Å²) in [7, 11) is 0. The second-order valence-corrected chi connectivity index (χ2v) is 5.28. The highest BCUT2D eigenvalue weighted by Crippen LogP contribution is 2.37. The molecule has 1 aliphatic carbocycles. The van der Waals surface area contributed by atoms with E-state index < -0.39 is 0 Å². The number of aromatic nitrogens is 1. The van der Waals surface area contributed by atoms with Crippen molar-refractivity contribution in [3.63, 3.8) is 0 Å². The second-order valence-electron chi connectivity index (χ2n) is 5.28. The molecule has 2 nitrogen and oxygen atoms in total. The quantitative estimate of drug-likeness (QED) is 0.771. The van der Waals surface area contributed by atoms with Crippen molar-refractivity contribution in [3.8, 4) is 0 Å². The number of hydrogen-bond acceptors (Lipinski definition) is 2. The van der Waals surface area contributed by atoms with Gasteiger partial charge in [-0.25, -0.2) is 0 Å². The summed E-state index contributed by atoms with van der Waals surface area (Å²) in [5.41, 5.74) is 1.24. The zero-order valence-corrected chi connectivity index (χ0v) is 9.81. The number of pyridine rings is 1. The second kappa shape index (κ2) is 4.54. The molecule has 2 fully saturated rings. The highest BCUT2D eigenvalue weighted by atomic mass is 15.2. The first-order chi connectivity index (χ1) is 7.92. The Kier molecular flexibility index (Phi) is 2.92. The molecule has 0 N–H and O–H groups in total. The van der Waals surface area contributed by atoms with Crippen molar-refractivity contribution < 1.29 is 0 Å². The summed E-state index contributed by atoms with van der Waals surface area (Å²) >= 11 is 0. The molecule has 0 aromatic carbocycles. The lowest BCUT2D eigenvalue weighted by atomic mass is 10.0. The maximum absolute atomic E-state index is 4.39. The number of likely N-dealkylation sites (tertiary alicyclic amines) is 1. The van der Waals surface area contributed by atoms with Crippen molar-refractivity contribution >= 4 is 0 Å². The zero-order chi connectivity index (χ0) is 10.8. The van der Waals surface area contributed by atoms with Crippen LogP contribution in [0, 0.1) is 11.8 Å². The monoisotopic (exact) mass is 216 g/mol. The molecule has 2 heteroatoms. The smallest absolute Gasteiger partial charge is 0.0416 e. The Morgan fingerprint density at radius 3 is 2.69 bits per heavy atom. The third kappa shape index (κ3) is 2.12. The fraction of sp³-hybridized carbons (Fsp3) is 0.643. The summed E-state index contributed by atoms with van der Waals surface area (Å²) in [6.07, 6.45) is 7.44. The molecular formula is C14H20N2. The van der Waals surface area contributed by atoms with E-state index in [1.165, 1.54) is 44.6 Å². The lowest BCUT2D eigenvalue weighted by molar-refractivity contribution is 0.314. The number of hydrogen-bond donors (Lipinski definition) is 0. The Bertz CT molecular complexity index is 324. The lowest BCUT2D eigenvalue weighted by Gasteiger charge is -2.16. The van der Waals surface area contributed by atoms with Gasteiger partial charge in [-0.05, 0) is 36.8 Å². The van der Waals surface area contributed by atoms with Gasteiger partial charge in [0.1, 0.15) is 0 Å². The summed E-state index contributed by atoms with van der Waals surface area (Å²) in [5, 5.41) is 0. The highest BCUT2D eigenvalue weighted by molar-refractivity contribution is 5.04. The first kappa shape index (κ1) is 10.3. The zero-order valence-electron chi connectivity index (χ0n) is 9.81. The molecule has 1 aromatic heterocycles. The average molecular weight is 216 g/mol. The summed E-state index contributed by atoms with van der Waals surface area (Å²) < 4.78 is 0. The minimum absolute atomic E-state index is 1.02. The Hall–Kier alpha value is -0.890. The van der Waals surface area contributed by atoms with Crippen molar-refractivity contribution in [2.45, 2.75) is 25.7 Å². The first-order valence-corrected chi connectivity index (χ1v) is 6.54. The fourth-order valence-corrected chi connectivity index (χ4v) is 3.33. The van der Waals surface area contributed by atoms with Gasteiger partial charge in [0.2, 0.25) is 0 Å². The summed E-state index contributed by atoms with van der Waals surface area (Å²) in [4.78, 5) is 7.03. The van der Waals surface area contributed by atoms with Gasteiger partial charge in [0.05, 0.1) is 0 Å². The molecule has 2 aliphatic rings. The van der Waals surface area contributed by atoms with Crippen LogP contribution >= 0.6 is 0 Å². The van der Waals surface area contributed by atoms with Gasteiger partial charge in [-0.2, -0.15) is 0 Å². The molecule has 16 heavy (non-hydrogen) atoms. The molecule has 2 unspecified atom stereocenters. The topological polar surface area (TPSA) is 16.1 Å². The summed E-state index contributed by atoms with van der Waals surface area (Å²) in [5.74, 6) is 2.03. The molecule has 0 amide bonds. The Labute approximate surface area is 97.7 Å². The van der Waals surface area contributed by atoms with E-state index in [4.69, 9.17) is 0 Å². The van der Waals surface area contributed by atoms with Crippen LogP contribution in [0.2, 0.25) is 0 Å². The maximum atomic E-state index is 4.39. The summed E-state index contributed by atoms with van der Waals surface area (Å²) in [6, 6.07) is 6.21. The number of nitrogens with zero attached hydrogens (tertiary/aromatic N) is 2. The van der Waals surface area contributed by atoms with Crippen LogP contribution in [0.4, 0.5) is 0 Å². The Morgan fingerprint density at radius 1 is 1.19 bits per heavy atom. The van der Waals surface area contributed by atoms with Crippen molar-refractivity contribution in [3.05, 3.63) is 30.1 Å². The van der Waals surface area contributed by atoms with Crippen LogP contribution in [0.15, 0.2) is 24.4 Å². The van der Waals surface area contributed by atoms with E-state index >= 15 is 0 Å². The predicted molar refractivity (Wildman–Crippen MR) is 65.2 cm³/mol. The van der Waals surface area contributed by atoms with E-state index in [1.54, 1.807) is 0 Å². The Morgan fingerprint density at radius 2 is 2.00 bits per heavy atom. The molecule has 1 aliphatic heterocycles. The van der Waals surface area contributed by atoms with Gasteiger partial charge in [-0.1, -0.05) is 12.5 Å². The molecular weight excluding hydrogens is 196 g/mol. The molecule has 86 valence electrons. The Balaban J connectivity index is 1.50. The minimum Gasteiger partial charge on any atom is -0.302 e. The number of rotatable bonds is 3. The molecule has 2 atom stereocenters. The van der Waals surface area contributed by atoms with E-state index in [1.807, 2.05) is 12.3 Å². The molecule has 1 saturated carbocycles. The van der Waals surface area contributed by atoms with Gasteiger partial charge in [0, 0.05) is 37.9 Å². The van der Waals surface area contributed by atoms with E-state index in [0.29, 0.717) is 0 Å². The lowest BCUT2D eigenvalue weighted by Crippen LogP contribution is -2.24. The summed E-state index contributed by atoms with van der Waals surface area (Å²) in [6.45, 7) is 3.89. The van der Waals surface area contributed by atoms with Crippen LogP contribution in [-0.2, 0) is 6.42 Å². The fourth-order valence-electron chi connectivity index (χ4n) is 3.33. The van der Waals surface area contributed by atoms with Crippen molar-refractivity contribution in [2.24, 2.45) is 11.8 Å². The van der Waals surface area contributed by atoms with Gasteiger partial charge in [-0.15, -0.1) is 0 Å². The molecule has 3 rings (SSSR count). The minimum atomic E-state index is 1.02. The van der Waals surface area contributed by atoms with Gasteiger partial charge < -0.3 is 4.90 Å². The van der Waals surface area contributed by atoms with E-state index in [2.05, 4.69) is 22.0 Å². The molecule has 0 radical (unpaired) electrons. The van der Waals surface area contributed by atoms with Gasteiger partial charge in [0.25, 0.3) is 0 Å². The van der Waals surface area contributed by atoms with Crippen LogP contribution in [-0.4, -0.2) is 29.5 Å². The van der Waals surface area contributed by atoms with Gasteiger partial charge >= 0.3 is 0 Å². The largest absolute Gasteiger partial charge is 0.302 e. The maximum Gasteiger partial charge on any atom is 0.0416 e. The number of fused-ring (bicyclic) bond motifs is 1. The SMILES string of the molecule is c1ccc(CCN2CC3CCCC3C2)nc1. The van der Waals surface area contributed by atoms with Crippen molar-refractivity contribution in [2.75, 3.05) is 19.6 Å². The normalized spacial score (nSPS) is 29.5. The first-order valence-electron chi connectivity index (χ1n) is 6.54. The molecule has 1 saturated heterocycles. The van der Waals surface area contributed by atoms with Gasteiger partial charge in [-0.3, -0.25) is 4.98 Å². The third-order valence-electron chi connectivity index (χ3n) is 4.21. The van der Waals surface area contributed by atoms with Crippen molar-refractivity contribution in [1.82, 2.24) is 9.88 Å². The predicted octanol–water partition coefficient (Wildman–Crippen LogP) is 2.36. The molecule has 2 heterocycles. The van der Waals surface area contributed by atoms with Crippen LogP contribution in [0.1, 0.15) is 25.0 Å². The molecule has 0 spiro atoms. The van der Waals surface area contributed by atoms with Crippen LogP contribution < -0.4 is 0 Å². The molecule has 1 aromatic rings.